The van der Waals surface area contributed by atoms with Gasteiger partial charge in [0.05, 0.1) is 0 Å². The van der Waals surface area contributed by atoms with Gasteiger partial charge in [-0.1, -0.05) is 44.9 Å². The zero-order chi connectivity index (χ0) is 15.6. The third kappa shape index (κ3) is 3.63. The van der Waals surface area contributed by atoms with E-state index < -0.39 is 0 Å². The number of hydrogen-bond acceptors (Lipinski definition) is 1. The molecule has 1 nitrogen and oxygen atoms in total. The molecule has 0 saturated heterocycles. The summed E-state index contributed by atoms with van der Waals surface area (Å²) < 4.78 is 0. The number of hydrogen-bond donors (Lipinski definition) is 1. The average Bonchev–Trinajstić information content (AvgIpc) is 2.75. The van der Waals surface area contributed by atoms with E-state index in [1.165, 1.54) is 42.4 Å². The topological polar surface area (TPSA) is 12.0 Å². The Morgan fingerprint density at radius 2 is 2.00 bits per heavy atom. The summed E-state index contributed by atoms with van der Waals surface area (Å²) in [6.45, 7) is 12.5. The van der Waals surface area contributed by atoms with Crippen molar-refractivity contribution in [1.82, 2.24) is 5.32 Å². The second-order valence-electron chi connectivity index (χ2n) is 7.38. The van der Waals surface area contributed by atoms with Crippen LogP contribution in [0.15, 0.2) is 12.1 Å². The fraction of sp³-hybridized carbons (Fsp3) is 0.684. The first-order valence-corrected chi connectivity index (χ1v) is 8.74. The molecule has 1 aliphatic carbocycles. The summed E-state index contributed by atoms with van der Waals surface area (Å²) in [5, 5.41) is 4.71. The highest BCUT2D eigenvalue weighted by Gasteiger charge is 2.40. The fourth-order valence-corrected chi connectivity index (χ4v) is 4.10. The second kappa shape index (κ2) is 6.71. The number of aryl methyl sites for hydroxylation is 2. The smallest absolute Gasteiger partial charge is 0.0438 e. The standard InChI is InChI=1S/C19H30ClN/c1-6-10-21-18(16-8-7-9-19(16,4)5)15-11-14(3)17(20)12-13(15)2/h11-12,16,18,21H,6-10H2,1-5H3. The lowest BCUT2D eigenvalue weighted by Crippen LogP contribution is -2.35. The summed E-state index contributed by atoms with van der Waals surface area (Å²) in [4.78, 5) is 0. The van der Waals surface area contributed by atoms with Gasteiger partial charge in [0.25, 0.3) is 0 Å². The molecule has 1 aromatic carbocycles. The molecule has 1 aromatic rings. The van der Waals surface area contributed by atoms with Crippen LogP contribution in [0.4, 0.5) is 0 Å². The minimum absolute atomic E-state index is 0.422. The predicted octanol–water partition coefficient (Wildman–Crippen LogP) is 5.82. The Balaban J connectivity index is 2.38. The summed E-state index contributed by atoms with van der Waals surface area (Å²) in [5.41, 5.74) is 4.38. The molecule has 0 amide bonds. The van der Waals surface area contributed by atoms with Crippen molar-refractivity contribution in [1.29, 1.82) is 0 Å². The molecule has 118 valence electrons. The third-order valence-electron chi connectivity index (χ3n) is 5.24. The molecule has 2 unspecified atom stereocenters. The lowest BCUT2D eigenvalue weighted by Gasteiger charge is -2.36. The van der Waals surface area contributed by atoms with Crippen LogP contribution in [0.2, 0.25) is 5.02 Å². The van der Waals surface area contributed by atoms with Gasteiger partial charge < -0.3 is 5.32 Å². The van der Waals surface area contributed by atoms with E-state index in [1.807, 2.05) is 0 Å². The number of halogens is 1. The van der Waals surface area contributed by atoms with Crippen LogP contribution in [-0.4, -0.2) is 6.54 Å². The van der Waals surface area contributed by atoms with E-state index in [1.54, 1.807) is 0 Å². The van der Waals surface area contributed by atoms with Crippen molar-refractivity contribution in [3.63, 3.8) is 0 Å². The molecule has 2 heteroatoms. The van der Waals surface area contributed by atoms with E-state index >= 15 is 0 Å². The molecule has 1 aliphatic rings. The molecule has 1 saturated carbocycles. The van der Waals surface area contributed by atoms with Crippen LogP contribution >= 0.6 is 11.6 Å². The monoisotopic (exact) mass is 307 g/mol. The Morgan fingerprint density at radius 1 is 1.29 bits per heavy atom. The average molecular weight is 308 g/mol. The Hall–Kier alpha value is -0.530. The molecule has 2 atom stereocenters. The van der Waals surface area contributed by atoms with Crippen molar-refractivity contribution in [2.24, 2.45) is 11.3 Å². The van der Waals surface area contributed by atoms with Crippen molar-refractivity contribution in [2.45, 2.75) is 66.3 Å². The summed E-state index contributed by atoms with van der Waals surface area (Å²) >= 11 is 6.29. The third-order valence-corrected chi connectivity index (χ3v) is 5.65. The van der Waals surface area contributed by atoms with Crippen molar-refractivity contribution in [3.8, 4) is 0 Å². The molecule has 1 N–H and O–H groups in total. The van der Waals surface area contributed by atoms with Gasteiger partial charge in [-0.3, -0.25) is 0 Å². The molecule has 0 heterocycles. The Morgan fingerprint density at radius 3 is 2.57 bits per heavy atom. The molecular formula is C19H30ClN. The Labute approximate surface area is 135 Å². The molecule has 0 aromatic heterocycles. The first-order valence-electron chi connectivity index (χ1n) is 8.37. The summed E-state index contributed by atoms with van der Waals surface area (Å²) in [5.74, 6) is 0.711. The molecule has 0 aliphatic heterocycles. The predicted molar refractivity (Wildman–Crippen MR) is 93.1 cm³/mol. The minimum Gasteiger partial charge on any atom is -0.310 e. The lowest BCUT2D eigenvalue weighted by molar-refractivity contribution is 0.197. The SMILES string of the molecule is CCCNC(c1cc(C)c(Cl)cc1C)C1CCCC1(C)C. The summed E-state index contributed by atoms with van der Waals surface area (Å²) in [6.07, 6.45) is 5.20. The van der Waals surface area contributed by atoms with E-state index in [-0.39, 0.29) is 0 Å². The van der Waals surface area contributed by atoms with E-state index in [4.69, 9.17) is 11.6 Å². The lowest BCUT2D eigenvalue weighted by atomic mass is 9.74. The van der Waals surface area contributed by atoms with Crippen LogP contribution in [0.5, 0.6) is 0 Å². The van der Waals surface area contributed by atoms with Gasteiger partial charge in [0.2, 0.25) is 0 Å². The van der Waals surface area contributed by atoms with Gasteiger partial charge in [0.15, 0.2) is 0 Å². The maximum atomic E-state index is 6.29. The molecule has 21 heavy (non-hydrogen) atoms. The normalized spacial score (nSPS) is 22.5. The number of benzene rings is 1. The fourth-order valence-electron chi connectivity index (χ4n) is 3.88. The van der Waals surface area contributed by atoms with Crippen LogP contribution in [0, 0.1) is 25.2 Å². The van der Waals surface area contributed by atoms with Crippen LogP contribution in [-0.2, 0) is 0 Å². The van der Waals surface area contributed by atoms with Crippen LogP contribution in [0.1, 0.15) is 69.2 Å². The zero-order valence-corrected chi connectivity index (χ0v) is 15.0. The number of rotatable bonds is 5. The van der Waals surface area contributed by atoms with Crippen LogP contribution in [0.25, 0.3) is 0 Å². The van der Waals surface area contributed by atoms with Crippen molar-refractivity contribution in [3.05, 3.63) is 33.8 Å². The maximum Gasteiger partial charge on any atom is 0.0438 e. The molecule has 0 radical (unpaired) electrons. The van der Waals surface area contributed by atoms with Gasteiger partial charge in [-0.15, -0.1) is 0 Å². The second-order valence-corrected chi connectivity index (χ2v) is 7.78. The largest absolute Gasteiger partial charge is 0.310 e. The van der Waals surface area contributed by atoms with Crippen LogP contribution < -0.4 is 5.32 Å². The van der Waals surface area contributed by atoms with Crippen molar-refractivity contribution >= 4 is 11.6 Å². The highest BCUT2D eigenvalue weighted by molar-refractivity contribution is 6.31. The highest BCUT2D eigenvalue weighted by atomic mass is 35.5. The molecule has 2 rings (SSSR count). The molecule has 0 spiro atoms. The summed E-state index contributed by atoms with van der Waals surface area (Å²) in [7, 11) is 0. The van der Waals surface area contributed by atoms with Gasteiger partial charge in [0.1, 0.15) is 0 Å². The van der Waals surface area contributed by atoms with Crippen molar-refractivity contribution in [2.75, 3.05) is 6.54 Å². The van der Waals surface area contributed by atoms with Crippen LogP contribution in [0.3, 0.4) is 0 Å². The molecule has 0 bridgehead atoms. The maximum absolute atomic E-state index is 6.29. The van der Waals surface area contributed by atoms with Crippen molar-refractivity contribution < 1.29 is 0 Å². The minimum atomic E-state index is 0.422. The first-order chi connectivity index (χ1) is 9.86. The quantitative estimate of drug-likeness (QED) is 0.722. The molecular weight excluding hydrogens is 278 g/mol. The Kier molecular flexibility index (Phi) is 5.38. The zero-order valence-electron chi connectivity index (χ0n) is 14.2. The van der Waals surface area contributed by atoms with E-state index in [0.717, 1.165) is 11.6 Å². The van der Waals surface area contributed by atoms with Gasteiger partial charge in [-0.05, 0) is 73.7 Å². The van der Waals surface area contributed by atoms with Gasteiger partial charge in [0, 0.05) is 11.1 Å². The van der Waals surface area contributed by atoms with E-state index in [2.05, 4.69) is 52.1 Å². The van der Waals surface area contributed by atoms with E-state index in [9.17, 15) is 0 Å². The summed E-state index contributed by atoms with van der Waals surface area (Å²) in [6, 6.07) is 4.90. The Bertz CT molecular complexity index is 493. The highest BCUT2D eigenvalue weighted by Crippen LogP contribution is 2.49. The first kappa shape index (κ1) is 16.8. The van der Waals surface area contributed by atoms with Gasteiger partial charge >= 0.3 is 0 Å². The van der Waals surface area contributed by atoms with Gasteiger partial charge in [-0.2, -0.15) is 0 Å². The molecule has 1 fully saturated rings. The van der Waals surface area contributed by atoms with E-state index in [0.29, 0.717) is 17.4 Å². The van der Waals surface area contributed by atoms with Gasteiger partial charge in [-0.25, -0.2) is 0 Å². The number of nitrogens with one attached hydrogen (secondary N) is 1.